The van der Waals surface area contributed by atoms with Gasteiger partial charge in [0.2, 0.25) is 0 Å². The first-order valence-corrected chi connectivity index (χ1v) is 5.62. The van der Waals surface area contributed by atoms with E-state index in [1.165, 1.54) is 0 Å². The first-order chi connectivity index (χ1) is 7.81. The zero-order valence-corrected chi connectivity index (χ0v) is 9.10. The minimum absolute atomic E-state index is 0.322. The third kappa shape index (κ3) is 1.81. The molecule has 4 heteroatoms. The molecule has 0 radical (unpaired) electrons. The number of rotatable bonds is 2. The summed E-state index contributed by atoms with van der Waals surface area (Å²) >= 11 is 0. The second-order valence-electron chi connectivity index (χ2n) is 4.38. The van der Waals surface area contributed by atoms with Crippen molar-refractivity contribution in [2.45, 2.75) is 19.0 Å². The fourth-order valence-electron chi connectivity index (χ4n) is 2.23. The number of nitrogens with zero attached hydrogens (tertiary/aromatic N) is 2. The van der Waals surface area contributed by atoms with Crippen molar-refractivity contribution in [2.75, 3.05) is 13.1 Å². The molecule has 1 aliphatic heterocycles. The third-order valence-corrected chi connectivity index (χ3v) is 3.03. The molecule has 0 saturated carbocycles. The molecule has 16 heavy (non-hydrogen) atoms. The van der Waals surface area contributed by atoms with Gasteiger partial charge in [-0.25, -0.2) is 0 Å². The Kier molecular flexibility index (Phi) is 2.38. The SMILES string of the molecule is N[C@H]1CCN(Cc2cc3ncccc3o2)C1. The van der Waals surface area contributed by atoms with Crippen LogP contribution >= 0.6 is 0 Å². The number of fused-ring (bicyclic) bond motifs is 1. The summed E-state index contributed by atoms with van der Waals surface area (Å²) in [4.78, 5) is 6.58. The van der Waals surface area contributed by atoms with Crippen LogP contribution in [0.2, 0.25) is 0 Å². The van der Waals surface area contributed by atoms with Crippen molar-refractivity contribution >= 4 is 11.1 Å². The summed E-state index contributed by atoms with van der Waals surface area (Å²) in [6.07, 6.45) is 2.87. The minimum atomic E-state index is 0.322. The molecule has 2 N–H and O–H groups in total. The number of hydrogen-bond donors (Lipinski definition) is 1. The van der Waals surface area contributed by atoms with Crippen LogP contribution < -0.4 is 5.73 Å². The van der Waals surface area contributed by atoms with Crippen molar-refractivity contribution in [3.05, 3.63) is 30.2 Å². The van der Waals surface area contributed by atoms with E-state index in [0.29, 0.717) is 6.04 Å². The zero-order chi connectivity index (χ0) is 11.0. The molecule has 0 aromatic carbocycles. The molecule has 84 valence electrons. The van der Waals surface area contributed by atoms with Gasteiger partial charge in [0.15, 0.2) is 5.58 Å². The molecule has 2 aromatic heterocycles. The van der Waals surface area contributed by atoms with Crippen LogP contribution in [0.1, 0.15) is 12.2 Å². The van der Waals surface area contributed by atoms with Gasteiger partial charge in [0.05, 0.1) is 6.54 Å². The normalized spacial score (nSPS) is 21.9. The van der Waals surface area contributed by atoms with Crippen molar-refractivity contribution in [3.63, 3.8) is 0 Å². The smallest absolute Gasteiger partial charge is 0.152 e. The van der Waals surface area contributed by atoms with Gasteiger partial charge in [0.25, 0.3) is 0 Å². The fourth-order valence-corrected chi connectivity index (χ4v) is 2.23. The van der Waals surface area contributed by atoms with Gasteiger partial charge in [-0.15, -0.1) is 0 Å². The van der Waals surface area contributed by atoms with Crippen molar-refractivity contribution in [1.29, 1.82) is 0 Å². The highest BCUT2D eigenvalue weighted by Crippen LogP contribution is 2.19. The topological polar surface area (TPSA) is 55.3 Å². The molecule has 4 nitrogen and oxygen atoms in total. The lowest BCUT2D eigenvalue weighted by Gasteiger charge is -2.12. The molecule has 0 unspecified atom stereocenters. The van der Waals surface area contributed by atoms with Crippen LogP contribution in [0.15, 0.2) is 28.8 Å². The van der Waals surface area contributed by atoms with Crippen molar-refractivity contribution in [3.8, 4) is 0 Å². The van der Waals surface area contributed by atoms with E-state index >= 15 is 0 Å². The van der Waals surface area contributed by atoms with Crippen LogP contribution in [0.5, 0.6) is 0 Å². The number of pyridine rings is 1. The van der Waals surface area contributed by atoms with Gasteiger partial charge in [-0.1, -0.05) is 0 Å². The summed E-state index contributed by atoms with van der Waals surface area (Å²) in [5, 5.41) is 0. The monoisotopic (exact) mass is 217 g/mol. The predicted octanol–water partition coefficient (Wildman–Crippen LogP) is 1.36. The Morgan fingerprint density at radius 3 is 3.25 bits per heavy atom. The van der Waals surface area contributed by atoms with Crippen molar-refractivity contribution < 1.29 is 4.42 Å². The van der Waals surface area contributed by atoms with E-state index in [0.717, 1.165) is 42.9 Å². The maximum atomic E-state index is 5.87. The van der Waals surface area contributed by atoms with E-state index < -0.39 is 0 Å². The van der Waals surface area contributed by atoms with Gasteiger partial charge in [0.1, 0.15) is 11.3 Å². The van der Waals surface area contributed by atoms with Gasteiger partial charge in [0, 0.05) is 31.4 Å². The Hall–Kier alpha value is -1.39. The van der Waals surface area contributed by atoms with Gasteiger partial charge >= 0.3 is 0 Å². The lowest BCUT2D eigenvalue weighted by molar-refractivity contribution is 0.298. The maximum absolute atomic E-state index is 5.87. The molecule has 1 atom stereocenters. The maximum Gasteiger partial charge on any atom is 0.152 e. The summed E-state index contributed by atoms with van der Waals surface area (Å²) < 4.78 is 5.72. The number of hydrogen-bond acceptors (Lipinski definition) is 4. The third-order valence-electron chi connectivity index (χ3n) is 3.03. The second kappa shape index (κ2) is 3.88. The Morgan fingerprint density at radius 2 is 2.50 bits per heavy atom. The Balaban J connectivity index is 1.79. The first-order valence-electron chi connectivity index (χ1n) is 5.62. The van der Waals surface area contributed by atoms with Crippen molar-refractivity contribution in [1.82, 2.24) is 9.88 Å². The molecular weight excluding hydrogens is 202 g/mol. The van der Waals surface area contributed by atoms with Crippen LogP contribution in [0, 0.1) is 0 Å². The van der Waals surface area contributed by atoms with Crippen LogP contribution in [-0.4, -0.2) is 29.0 Å². The van der Waals surface area contributed by atoms with Crippen LogP contribution in [0.3, 0.4) is 0 Å². The average molecular weight is 217 g/mol. The standard InChI is InChI=1S/C12H15N3O/c13-9-3-5-15(7-9)8-10-6-11-12(16-10)2-1-4-14-11/h1-2,4,6,9H,3,5,7-8,13H2/t9-/m0/s1. The molecule has 1 fully saturated rings. The molecule has 3 rings (SSSR count). The number of nitrogens with two attached hydrogens (primary N) is 1. The second-order valence-corrected chi connectivity index (χ2v) is 4.38. The first kappa shape index (κ1) is 9.81. The lowest BCUT2D eigenvalue weighted by Crippen LogP contribution is -2.26. The highest BCUT2D eigenvalue weighted by molar-refractivity contribution is 5.72. The zero-order valence-electron chi connectivity index (χ0n) is 9.10. The van der Waals surface area contributed by atoms with Crippen LogP contribution in [-0.2, 0) is 6.54 Å². The Morgan fingerprint density at radius 1 is 1.56 bits per heavy atom. The molecule has 1 aliphatic rings. The molecule has 2 aromatic rings. The molecule has 3 heterocycles. The van der Waals surface area contributed by atoms with E-state index in [4.69, 9.17) is 10.2 Å². The number of likely N-dealkylation sites (tertiary alicyclic amines) is 1. The van der Waals surface area contributed by atoms with Gasteiger partial charge < -0.3 is 10.2 Å². The van der Waals surface area contributed by atoms with E-state index in [1.54, 1.807) is 6.20 Å². The number of aromatic nitrogens is 1. The highest BCUT2D eigenvalue weighted by Gasteiger charge is 2.20. The molecule has 0 aliphatic carbocycles. The van der Waals surface area contributed by atoms with Gasteiger partial charge in [-0.05, 0) is 18.6 Å². The Bertz CT molecular complexity index is 461. The van der Waals surface area contributed by atoms with Crippen molar-refractivity contribution in [2.24, 2.45) is 5.73 Å². The van der Waals surface area contributed by atoms with E-state index in [-0.39, 0.29) is 0 Å². The molecule has 1 saturated heterocycles. The molecular formula is C12H15N3O. The summed E-state index contributed by atoms with van der Waals surface area (Å²) in [5.41, 5.74) is 7.66. The Labute approximate surface area is 94.0 Å². The molecule has 0 spiro atoms. The predicted molar refractivity (Wildman–Crippen MR) is 61.9 cm³/mol. The summed E-state index contributed by atoms with van der Waals surface area (Å²) in [5.74, 6) is 0.975. The van der Waals surface area contributed by atoms with E-state index in [2.05, 4.69) is 9.88 Å². The largest absolute Gasteiger partial charge is 0.458 e. The lowest BCUT2D eigenvalue weighted by atomic mass is 10.3. The fraction of sp³-hybridized carbons (Fsp3) is 0.417. The summed E-state index contributed by atoms with van der Waals surface area (Å²) in [7, 11) is 0. The number of furan rings is 1. The molecule has 0 amide bonds. The van der Waals surface area contributed by atoms with Crippen LogP contribution in [0.4, 0.5) is 0 Å². The quantitative estimate of drug-likeness (QED) is 0.825. The average Bonchev–Trinajstić information content (AvgIpc) is 2.84. The van der Waals surface area contributed by atoms with Gasteiger partial charge in [-0.2, -0.15) is 0 Å². The summed E-state index contributed by atoms with van der Waals surface area (Å²) in [6.45, 7) is 2.86. The highest BCUT2D eigenvalue weighted by atomic mass is 16.3. The van der Waals surface area contributed by atoms with Gasteiger partial charge in [-0.3, -0.25) is 9.88 Å². The van der Waals surface area contributed by atoms with E-state index in [1.807, 2.05) is 18.2 Å². The summed E-state index contributed by atoms with van der Waals surface area (Å²) in [6, 6.07) is 6.17. The minimum Gasteiger partial charge on any atom is -0.458 e. The molecule has 0 bridgehead atoms. The van der Waals surface area contributed by atoms with E-state index in [9.17, 15) is 0 Å². The van der Waals surface area contributed by atoms with Crippen LogP contribution in [0.25, 0.3) is 11.1 Å².